The molecule has 0 aromatic carbocycles. The number of rotatable bonds is 4. The second kappa shape index (κ2) is 3.90. The van der Waals surface area contributed by atoms with Crippen LogP contribution >= 0.6 is 0 Å². The molecule has 0 heterocycles. The molecule has 104 valence electrons. The average molecular weight is 258 g/mol. The Balaban J connectivity index is 1.47. The first-order valence-electron chi connectivity index (χ1n) is 8.19. The Bertz CT molecular complexity index is 377. The number of allylic oxidation sites excluding steroid dienone is 2. The maximum atomic E-state index is 6.27. The van der Waals surface area contributed by atoms with Crippen LogP contribution in [-0.2, 0) is 4.74 Å². The third-order valence-electron chi connectivity index (χ3n) is 6.91. The highest BCUT2D eigenvalue weighted by molar-refractivity contribution is 5.18. The lowest BCUT2D eigenvalue weighted by atomic mass is 9.81. The molecule has 0 aromatic heterocycles. The van der Waals surface area contributed by atoms with Gasteiger partial charge in [0.2, 0.25) is 0 Å². The smallest absolute Gasteiger partial charge is 0.103 e. The van der Waals surface area contributed by atoms with Crippen molar-refractivity contribution >= 4 is 0 Å². The summed E-state index contributed by atoms with van der Waals surface area (Å²) < 4.78 is 6.27. The minimum absolute atomic E-state index is 0.320. The van der Waals surface area contributed by atoms with E-state index in [0.717, 1.165) is 23.4 Å². The van der Waals surface area contributed by atoms with Crippen molar-refractivity contribution in [2.24, 2.45) is 22.7 Å². The summed E-state index contributed by atoms with van der Waals surface area (Å²) in [6, 6.07) is 0. The first-order valence-corrected chi connectivity index (χ1v) is 8.19. The molecule has 0 radical (unpaired) electrons. The van der Waals surface area contributed by atoms with Crippen molar-refractivity contribution in [3.05, 3.63) is 24.7 Å². The summed E-state index contributed by atoms with van der Waals surface area (Å²) in [5, 5.41) is 0. The van der Waals surface area contributed by atoms with Crippen LogP contribution in [0.25, 0.3) is 0 Å². The van der Waals surface area contributed by atoms with E-state index >= 15 is 0 Å². The standard InChI is InChI=1S/C18H26O/c1-13(17-7-3-15(11-17)4-8-17)19-14(2)18-9-5-16(12-18)6-10-18/h15-16H,1-12H2. The average Bonchev–Trinajstić information content (AvgIpc) is 3.19. The van der Waals surface area contributed by atoms with Gasteiger partial charge in [-0.05, 0) is 76.0 Å². The largest absolute Gasteiger partial charge is 0.466 e. The second-order valence-electron chi connectivity index (χ2n) is 7.80. The minimum Gasteiger partial charge on any atom is -0.466 e. The highest BCUT2D eigenvalue weighted by Crippen LogP contribution is 2.61. The normalized spacial score (nSPS) is 46.7. The van der Waals surface area contributed by atoms with E-state index in [0.29, 0.717) is 10.8 Å². The number of ether oxygens (including phenoxy) is 1. The third kappa shape index (κ3) is 1.66. The topological polar surface area (TPSA) is 9.23 Å². The van der Waals surface area contributed by atoms with Crippen molar-refractivity contribution in [3.8, 4) is 0 Å². The zero-order valence-corrected chi connectivity index (χ0v) is 12.0. The lowest BCUT2D eigenvalue weighted by molar-refractivity contribution is 0.126. The fraction of sp³-hybridized carbons (Fsp3) is 0.778. The van der Waals surface area contributed by atoms with Crippen LogP contribution in [0.1, 0.15) is 64.2 Å². The maximum absolute atomic E-state index is 6.27. The van der Waals surface area contributed by atoms with Crippen LogP contribution in [0, 0.1) is 22.7 Å². The molecule has 0 unspecified atom stereocenters. The zero-order chi connectivity index (χ0) is 13.1. The van der Waals surface area contributed by atoms with E-state index in [-0.39, 0.29) is 0 Å². The summed E-state index contributed by atoms with van der Waals surface area (Å²) in [6.45, 7) is 8.63. The highest BCUT2D eigenvalue weighted by atomic mass is 16.5. The Labute approximate surface area is 117 Å². The number of hydrogen-bond acceptors (Lipinski definition) is 1. The van der Waals surface area contributed by atoms with Crippen molar-refractivity contribution in [2.45, 2.75) is 64.2 Å². The Hall–Kier alpha value is -0.720. The molecule has 4 fully saturated rings. The van der Waals surface area contributed by atoms with Gasteiger partial charge in [0.25, 0.3) is 0 Å². The van der Waals surface area contributed by atoms with Crippen LogP contribution in [-0.4, -0.2) is 0 Å². The molecule has 0 N–H and O–H groups in total. The molecule has 0 aliphatic heterocycles. The van der Waals surface area contributed by atoms with E-state index in [9.17, 15) is 0 Å². The van der Waals surface area contributed by atoms with E-state index in [2.05, 4.69) is 13.2 Å². The van der Waals surface area contributed by atoms with Crippen molar-refractivity contribution in [3.63, 3.8) is 0 Å². The second-order valence-corrected chi connectivity index (χ2v) is 7.80. The predicted molar refractivity (Wildman–Crippen MR) is 77.4 cm³/mol. The first-order chi connectivity index (χ1) is 9.12. The molecule has 4 bridgehead atoms. The van der Waals surface area contributed by atoms with Crippen molar-refractivity contribution in [1.29, 1.82) is 0 Å². The maximum Gasteiger partial charge on any atom is 0.103 e. The van der Waals surface area contributed by atoms with Gasteiger partial charge in [0.15, 0.2) is 0 Å². The predicted octanol–water partition coefficient (Wildman–Crippen LogP) is 5.19. The lowest BCUT2D eigenvalue weighted by Crippen LogP contribution is -2.23. The Kier molecular flexibility index (Phi) is 2.47. The molecular weight excluding hydrogens is 232 g/mol. The van der Waals surface area contributed by atoms with E-state index in [4.69, 9.17) is 4.74 Å². The first kappa shape index (κ1) is 12.1. The Morgan fingerprint density at radius 3 is 1.37 bits per heavy atom. The van der Waals surface area contributed by atoms with Crippen LogP contribution in [0.4, 0.5) is 0 Å². The molecular formula is C18H26O. The zero-order valence-electron chi connectivity index (χ0n) is 12.0. The lowest BCUT2D eigenvalue weighted by Gasteiger charge is -2.34. The molecule has 0 spiro atoms. The van der Waals surface area contributed by atoms with Gasteiger partial charge in [0.1, 0.15) is 11.5 Å². The molecule has 4 aliphatic carbocycles. The van der Waals surface area contributed by atoms with Gasteiger partial charge in [0.05, 0.1) is 0 Å². The van der Waals surface area contributed by atoms with Gasteiger partial charge < -0.3 is 4.74 Å². The summed E-state index contributed by atoms with van der Waals surface area (Å²) >= 11 is 0. The van der Waals surface area contributed by atoms with Crippen LogP contribution in [0.3, 0.4) is 0 Å². The molecule has 0 atom stereocenters. The van der Waals surface area contributed by atoms with Gasteiger partial charge in [0, 0.05) is 10.8 Å². The van der Waals surface area contributed by atoms with Crippen LogP contribution in [0.2, 0.25) is 0 Å². The molecule has 4 saturated carbocycles. The molecule has 19 heavy (non-hydrogen) atoms. The van der Waals surface area contributed by atoms with Crippen molar-refractivity contribution in [2.75, 3.05) is 0 Å². The van der Waals surface area contributed by atoms with E-state index < -0.39 is 0 Å². The quantitative estimate of drug-likeness (QED) is 0.630. The SMILES string of the molecule is C=C(OC(=C)C12CCC(CC1)C2)C12CCC(CC1)C2. The molecule has 0 saturated heterocycles. The van der Waals surface area contributed by atoms with Gasteiger partial charge in [-0.25, -0.2) is 0 Å². The molecule has 0 amide bonds. The van der Waals surface area contributed by atoms with Crippen LogP contribution < -0.4 is 0 Å². The number of fused-ring (bicyclic) bond motifs is 4. The Morgan fingerprint density at radius 2 is 1.11 bits per heavy atom. The van der Waals surface area contributed by atoms with Gasteiger partial charge >= 0.3 is 0 Å². The van der Waals surface area contributed by atoms with Crippen LogP contribution in [0.15, 0.2) is 24.7 Å². The fourth-order valence-electron chi connectivity index (χ4n) is 5.53. The van der Waals surface area contributed by atoms with E-state index in [1.54, 1.807) is 0 Å². The van der Waals surface area contributed by atoms with Gasteiger partial charge in [-0.2, -0.15) is 0 Å². The van der Waals surface area contributed by atoms with Gasteiger partial charge in [-0.15, -0.1) is 0 Å². The molecule has 4 rings (SSSR count). The summed E-state index contributed by atoms with van der Waals surface area (Å²) in [6.07, 6.45) is 13.4. The van der Waals surface area contributed by atoms with Crippen molar-refractivity contribution in [1.82, 2.24) is 0 Å². The fourth-order valence-corrected chi connectivity index (χ4v) is 5.53. The Morgan fingerprint density at radius 1 is 0.737 bits per heavy atom. The monoisotopic (exact) mass is 258 g/mol. The molecule has 1 nitrogen and oxygen atoms in total. The summed E-state index contributed by atoms with van der Waals surface area (Å²) in [5.41, 5.74) is 0.641. The van der Waals surface area contributed by atoms with Gasteiger partial charge in [-0.3, -0.25) is 0 Å². The molecule has 1 heteroatoms. The molecule has 0 aromatic rings. The van der Waals surface area contributed by atoms with Gasteiger partial charge in [-0.1, -0.05) is 13.2 Å². The molecule has 4 aliphatic rings. The highest BCUT2D eigenvalue weighted by Gasteiger charge is 2.51. The minimum atomic E-state index is 0.320. The summed E-state index contributed by atoms with van der Waals surface area (Å²) in [7, 11) is 0. The van der Waals surface area contributed by atoms with E-state index in [1.807, 2.05) is 0 Å². The third-order valence-corrected chi connectivity index (χ3v) is 6.91. The number of hydrogen-bond donors (Lipinski definition) is 0. The summed E-state index contributed by atoms with van der Waals surface area (Å²) in [5.74, 6) is 4.02. The van der Waals surface area contributed by atoms with Crippen LogP contribution in [0.5, 0.6) is 0 Å². The van der Waals surface area contributed by atoms with E-state index in [1.165, 1.54) is 64.2 Å². The van der Waals surface area contributed by atoms with Crippen molar-refractivity contribution < 1.29 is 4.74 Å². The summed E-state index contributed by atoms with van der Waals surface area (Å²) in [4.78, 5) is 0.